The molecule has 3 rings (SSSR count). The Balaban J connectivity index is 1.81. The molecule has 1 unspecified atom stereocenters. The molecule has 1 amide bonds. The fraction of sp³-hybridized carbons (Fsp3) is 0.450. The predicted octanol–water partition coefficient (Wildman–Crippen LogP) is 2.96. The smallest absolute Gasteiger partial charge is 0.328 e. The van der Waals surface area contributed by atoms with E-state index < -0.39 is 12.0 Å². The highest BCUT2D eigenvalue weighted by Crippen LogP contribution is 2.26. The highest BCUT2D eigenvalue weighted by Gasteiger charge is 2.37. The molecule has 144 valence electrons. The maximum absolute atomic E-state index is 13.0. The van der Waals surface area contributed by atoms with Gasteiger partial charge >= 0.3 is 5.97 Å². The average Bonchev–Trinajstić information content (AvgIpc) is 3.28. The molecule has 1 fully saturated rings. The molecule has 1 aliphatic heterocycles. The van der Waals surface area contributed by atoms with Gasteiger partial charge in [0.05, 0.1) is 12.7 Å². The number of hydrogen-bond donors (Lipinski definition) is 0. The number of amides is 1. The van der Waals surface area contributed by atoms with E-state index in [0.717, 1.165) is 23.3 Å². The Morgan fingerprint density at radius 1 is 1.30 bits per heavy atom. The van der Waals surface area contributed by atoms with Crippen molar-refractivity contribution in [2.75, 3.05) is 13.7 Å². The fourth-order valence-corrected chi connectivity index (χ4v) is 3.27. The lowest BCUT2D eigenvalue weighted by Crippen LogP contribution is -2.41. The summed E-state index contributed by atoms with van der Waals surface area (Å²) in [6.07, 6.45) is 1.33. The van der Waals surface area contributed by atoms with Crippen LogP contribution in [0.25, 0.3) is 0 Å². The molecule has 0 aliphatic carbocycles. The van der Waals surface area contributed by atoms with Gasteiger partial charge in [0.2, 0.25) is 0 Å². The van der Waals surface area contributed by atoms with Crippen LogP contribution in [0.5, 0.6) is 5.75 Å². The monoisotopic (exact) mass is 372 g/mol. The first-order valence-electron chi connectivity index (χ1n) is 8.96. The maximum atomic E-state index is 13.0. The van der Waals surface area contributed by atoms with Crippen LogP contribution < -0.4 is 4.74 Å². The van der Waals surface area contributed by atoms with Crippen molar-refractivity contribution in [3.05, 3.63) is 46.3 Å². The molecule has 2 heterocycles. The first kappa shape index (κ1) is 18.9. The molecule has 2 aromatic rings. The maximum Gasteiger partial charge on any atom is 0.328 e. The standard InChI is InChI=1S/C20H24N2O5/c1-12-7-8-13(2)17(10-12)26-11-15-14(3)27-21-18(15)19(23)22-9-5-6-16(22)20(24)25-4/h7-8,10,16H,5-6,9,11H2,1-4H3. The lowest BCUT2D eigenvalue weighted by atomic mass is 10.1. The summed E-state index contributed by atoms with van der Waals surface area (Å²) in [5.74, 6) is 0.536. The number of rotatable bonds is 5. The minimum Gasteiger partial charge on any atom is -0.488 e. The van der Waals surface area contributed by atoms with Gasteiger partial charge in [-0.05, 0) is 50.8 Å². The lowest BCUT2D eigenvalue weighted by molar-refractivity contribution is -0.145. The van der Waals surface area contributed by atoms with Crippen molar-refractivity contribution in [3.63, 3.8) is 0 Å². The second-order valence-corrected chi connectivity index (χ2v) is 6.80. The Morgan fingerprint density at radius 3 is 2.81 bits per heavy atom. The second-order valence-electron chi connectivity index (χ2n) is 6.80. The SMILES string of the molecule is COC(=O)C1CCCN1C(=O)c1noc(C)c1COc1cc(C)ccc1C. The number of likely N-dealkylation sites (tertiary alicyclic amines) is 1. The number of ether oxygens (including phenoxy) is 2. The molecular weight excluding hydrogens is 348 g/mol. The van der Waals surface area contributed by atoms with Gasteiger partial charge in [0.15, 0.2) is 5.69 Å². The number of carbonyl (C=O) groups excluding carboxylic acids is 2. The van der Waals surface area contributed by atoms with Crippen LogP contribution in [0.15, 0.2) is 22.7 Å². The highest BCUT2D eigenvalue weighted by molar-refractivity contribution is 5.96. The normalized spacial score (nSPS) is 16.4. The van der Waals surface area contributed by atoms with Gasteiger partial charge in [0, 0.05) is 6.54 Å². The number of methoxy groups -OCH3 is 1. The van der Waals surface area contributed by atoms with Gasteiger partial charge in [-0.2, -0.15) is 0 Å². The summed E-state index contributed by atoms with van der Waals surface area (Å²) in [7, 11) is 1.33. The van der Waals surface area contributed by atoms with Crippen molar-refractivity contribution >= 4 is 11.9 Å². The van der Waals surface area contributed by atoms with Crippen molar-refractivity contribution < 1.29 is 23.6 Å². The van der Waals surface area contributed by atoms with Gasteiger partial charge in [-0.3, -0.25) is 4.79 Å². The zero-order valence-corrected chi connectivity index (χ0v) is 16.1. The molecule has 1 aromatic heterocycles. The Morgan fingerprint density at radius 2 is 2.07 bits per heavy atom. The van der Waals surface area contributed by atoms with E-state index in [1.165, 1.54) is 12.0 Å². The Labute approximate surface area is 158 Å². The van der Waals surface area contributed by atoms with Gasteiger partial charge in [0.1, 0.15) is 24.2 Å². The van der Waals surface area contributed by atoms with Gasteiger partial charge in [0.25, 0.3) is 5.91 Å². The largest absolute Gasteiger partial charge is 0.488 e. The number of carbonyl (C=O) groups is 2. The van der Waals surface area contributed by atoms with Crippen LogP contribution in [0.3, 0.4) is 0 Å². The van der Waals surface area contributed by atoms with Crippen molar-refractivity contribution in [1.82, 2.24) is 10.1 Å². The molecule has 7 nitrogen and oxygen atoms in total. The summed E-state index contributed by atoms with van der Waals surface area (Å²) in [6.45, 7) is 6.35. The molecule has 1 aromatic carbocycles. The number of aromatic nitrogens is 1. The topological polar surface area (TPSA) is 81.9 Å². The van der Waals surface area contributed by atoms with Crippen molar-refractivity contribution in [2.45, 2.75) is 46.3 Å². The van der Waals surface area contributed by atoms with E-state index in [1.807, 2.05) is 32.0 Å². The number of benzene rings is 1. The van der Waals surface area contributed by atoms with Crippen LogP contribution >= 0.6 is 0 Å². The zero-order valence-electron chi connectivity index (χ0n) is 16.1. The van der Waals surface area contributed by atoms with Gasteiger partial charge in [-0.15, -0.1) is 0 Å². The molecule has 1 aliphatic rings. The Bertz CT molecular complexity index is 858. The highest BCUT2D eigenvalue weighted by atomic mass is 16.5. The summed E-state index contributed by atoms with van der Waals surface area (Å²) in [4.78, 5) is 26.4. The fourth-order valence-electron chi connectivity index (χ4n) is 3.27. The van der Waals surface area contributed by atoms with Crippen LogP contribution in [0.2, 0.25) is 0 Å². The molecule has 1 saturated heterocycles. The first-order valence-corrected chi connectivity index (χ1v) is 8.96. The summed E-state index contributed by atoms with van der Waals surface area (Å²) in [5.41, 5.74) is 2.88. The van der Waals surface area contributed by atoms with Gasteiger partial charge < -0.3 is 18.9 Å². The number of aryl methyl sites for hydroxylation is 3. The summed E-state index contributed by atoms with van der Waals surface area (Å²) < 4.78 is 16.0. The van der Waals surface area contributed by atoms with Crippen LogP contribution in [-0.2, 0) is 16.1 Å². The van der Waals surface area contributed by atoms with Crippen LogP contribution in [-0.4, -0.2) is 41.6 Å². The molecule has 0 N–H and O–H groups in total. The van der Waals surface area contributed by atoms with Crippen molar-refractivity contribution in [2.24, 2.45) is 0 Å². The average molecular weight is 372 g/mol. The Hall–Kier alpha value is -2.83. The minimum absolute atomic E-state index is 0.164. The summed E-state index contributed by atoms with van der Waals surface area (Å²) >= 11 is 0. The van der Waals surface area contributed by atoms with Crippen LogP contribution in [0.4, 0.5) is 0 Å². The molecule has 0 bridgehead atoms. The van der Waals surface area contributed by atoms with E-state index in [2.05, 4.69) is 5.16 Å². The summed E-state index contributed by atoms with van der Waals surface area (Å²) in [5, 5.41) is 3.93. The minimum atomic E-state index is -0.577. The molecule has 0 spiro atoms. The number of esters is 1. The van der Waals surface area contributed by atoms with E-state index in [-0.39, 0.29) is 18.2 Å². The van der Waals surface area contributed by atoms with E-state index in [0.29, 0.717) is 24.3 Å². The Kier molecular flexibility index (Phi) is 5.48. The first-order chi connectivity index (χ1) is 12.9. The third kappa shape index (κ3) is 3.82. The van der Waals surface area contributed by atoms with E-state index >= 15 is 0 Å². The third-order valence-corrected chi connectivity index (χ3v) is 4.89. The molecule has 27 heavy (non-hydrogen) atoms. The zero-order chi connectivity index (χ0) is 19.6. The molecule has 0 radical (unpaired) electrons. The van der Waals surface area contributed by atoms with E-state index in [4.69, 9.17) is 14.0 Å². The van der Waals surface area contributed by atoms with Crippen molar-refractivity contribution in [1.29, 1.82) is 0 Å². The van der Waals surface area contributed by atoms with Crippen molar-refractivity contribution in [3.8, 4) is 5.75 Å². The third-order valence-electron chi connectivity index (χ3n) is 4.89. The van der Waals surface area contributed by atoms with E-state index in [9.17, 15) is 9.59 Å². The second kappa shape index (κ2) is 7.82. The lowest BCUT2D eigenvalue weighted by Gasteiger charge is -2.22. The molecule has 0 saturated carbocycles. The number of hydrogen-bond acceptors (Lipinski definition) is 6. The molecular formula is C20H24N2O5. The van der Waals surface area contributed by atoms with E-state index in [1.54, 1.807) is 6.92 Å². The quantitative estimate of drug-likeness (QED) is 0.751. The van der Waals surface area contributed by atoms with Crippen LogP contribution in [0, 0.1) is 20.8 Å². The van der Waals surface area contributed by atoms with Gasteiger partial charge in [-0.25, -0.2) is 4.79 Å². The summed E-state index contributed by atoms with van der Waals surface area (Å²) in [6, 6.07) is 5.38. The molecule has 1 atom stereocenters. The van der Waals surface area contributed by atoms with Crippen LogP contribution in [0.1, 0.15) is 45.8 Å². The van der Waals surface area contributed by atoms with Gasteiger partial charge in [-0.1, -0.05) is 17.3 Å². The molecule has 7 heteroatoms. The number of nitrogens with zero attached hydrogens (tertiary/aromatic N) is 2. The predicted molar refractivity (Wildman–Crippen MR) is 97.6 cm³/mol.